The Morgan fingerprint density at radius 3 is 3.05 bits per heavy atom. The van der Waals surface area contributed by atoms with Crippen LogP contribution in [0.25, 0.3) is 0 Å². The van der Waals surface area contributed by atoms with Crippen LogP contribution in [0.3, 0.4) is 0 Å². The number of unbranched alkanes of at least 4 members (excludes halogenated alkanes) is 1. The minimum Gasteiger partial charge on any atom is -0.355 e. The van der Waals surface area contributed by atoms with Crippen LogP contribution in [-0.2, 0) is 0 Å². The number of hydrogen-bond donors (Lipinski definition) is 0. The van der Waals surface area contributed by atoms with Gasteiger partial charge in [-0.1, -0.05) is 13.3 Å². The van der Waals surface area contributed by atoms with Crippen molar-refractivity contribution >= 4 is 11.5 Å². The van der Waals surface area contributed by atoms with Crippen molar-refractivity contribution in [2.45, 2.75) is 39.5 Å². The minimum absolute atomic E-state index is 0.128. The monoisotopic (exact) mass is 297 g/mol. The van der Waals surface area contributed by atoms with Crippen molar-refractivity contribution in [2.75, 3.05) is 19.6 Å². The molecule has 1 fully saturated rings. The Kier molecular flexibility index (Phi) is 4.28. The van der Waals surface area contributed by atoms with E-state index in [4.69, 9.17) is 15.4 Å². The van der Waals surface area contributed by atoms with E-state index in [1.54, 1.807) is 0 Å². The number of likely N-dealkylation sites (tertiary alicyclic amines) is 1. The van der Waals surface area contributed by atoms with Gasteiger partial charge in [-0.3, -0.25) is 5.01 Å². The van der Waals surface area contributed by atoms with E-state index in [0.717, 1.165) is 61.7 Å². The zero-order valence-electron chi connectivity index (χ0n) is 13.4. The van der Waals surface area contributed by atoms with Crippen molar-refractivity contribution in [1.82, 2.24) is 9.91 Å². The fourth-order valence-corrected chi connectivity index (χ4v) is 3.14. The van der Waals surface area contributed by atoms with Gasteiger partial charge in [-0.2, -0.15) is 10.4 Å². The first-order valence-corrected chi connectivity index (χ1v) is 8.16. The molecule has 1 saturated heterocycles. The molecule has 0 amide bonds. The molecule has 3 heterocycles. The van der Waals surface area contributed by atoms with E-state index in [1.807, 2.05) is 5.01 Å². The molecular formula is C17H23N5. The number of nitrogens with zero attached hydrogens (tertiary/aromatic N) is 5. The molecule has 0 aromatic carbocycles. The number of fused-ring (bicyclic) bond motifs is 2. The summed E-state index contributed by atoms with van der Waals surface area (Å²) in [6.07, 6.45) is 8.50. The second-order valence-corrected chi connectivity index (χ2v) is 6.24. The number of hydrogen-bond acceptors (Lipinski definition) is 5. The van der Waals surface area contributed by atoms with Gasteiger partial charge in [0.15, 0.2) is 0 Å². The average Bonchev–Trinajstić information content (AvgIpc) is 2.95. The molecule has 0 aliphatic carbocycles. The molecule has 116 valence electrons. The number of rotatable bonds is 3. The third-order valence-electron chi connectivity index (χ3n) is 4.32. The molecule has 1 unspecified atom stereocenters. The number of allylic oxidation sites excluding steroid dienone is 1. The van der Waals surface area contributed by atoms with Gasteiger partial charge in [0, 0.05) is 24.9 Å². The van der Waals surface area contributed by atoms with Crippen molar-refractivity contribution in [2.24, 2.45) is 16.0 Å². The molecule has 22 heavy (non-hydrogen) atoms. The van der Waals surface area contributed by atoms with Crippen LogP contribution in [0.15, 0.2) is 33.6 Å². The molecule has 0 aromatic rings. The third kappa shape index (κ3) is 3.06. The smallest absolute Gasteiger partial charge is 0.133 e. The van der Waals surface area contributed by atoms with E-state index in [0.29, 0.717) is 0 Å². The van der Waals surface area contributed by atoms with Crippen LogP contribution in [0.1, 0.15) is 39.5 Å². The second kappa shape index (κ2) is 6.35. The van der Waals surface area contributed by atoms with E-state index in [9.17, 15) is 0 Å². The Morgan fingerprint density at radius 2 is 2.32 bits per heavy atom. The fourth-order valence-electron chi connectivity index (χ4n) is 3.14. The standard InChI is InChI=1S/C17H23N5/c1-3-4-5-15-8-16-12-22(20-15)10-13(2)17(19-16)21-7-6-14(9-18)11-21/h8,10,14H,3-7,11-12H2,1-2H3. The van der Waals surface area contributed by atoms with Crippen molar-refractivity contribution in [3.63, 3.8) is 0 Å². The summed E-state index contributed by atoms with van der Waals surface area (Å²) in [5.41, 5.74) is 3.32. The molecule has 0 saturated carbocycles. The zero-order valence-corrected chi connectivity index (χ0v) is 13.4. The molecule has 0 spiro atoms. The molecule has 0 radical (unpaired) electrons. The molecule has 3 aliphatic rings. The van der Waals surface area contributed by atoms with Gasteiger partial charge >= 0.3 is 0 Å². The molecular weight excluding hydrogens is 274 g/mol. The van der Waals surface area contributed by atoms with Gasteiger partial charge in [0.2, 0.25) is 0 Å². The SMILES string of the molecule is CCCCC1=NN2C=C(C)C(N3CCC(C#N)C3)=NC(=C1)C2. The summed E-state index contributed by atoms with van der Waals surface area (Å²) in [7, 11) is 0. The molecule has 5 heteroatoms. The largest absolute Gasteiger partial charge is 0.355 e. The minimum atomic E-state index is 0.128. The van der Waals surface area contributed by atoms with E-state index < -0.39 is 0 Å². The summed E-state index contributed by atoms with van der Waals surface area (Å²) < 4.78 is 0. The van der Waals surface area contributed by atoms with Gasteiger partial charge in [0.1, 0.15) is 5.84 Å². The lowest BCUT2D eigenvalue weighted by atomic mass is 10.1. The summed E-state index contributed by atoms with van der Waals surface area (Å²) in [5, 5.41) is 15.8. The van der Waals surface area contributed by atoms with Crippen LogP contribution in [0, 0.1) is 17.2 Å². The number of amidine groups is 1. The first-order valence-electron chi connectivity index (χ1n) is 8.16. The van der Waals surface area contributed by atoms with Gasteiger partial charge in [-0.25, -0.2) is 4.99 Å². The highest BCUT2D eigenvalue weighted by molar-refractivity contribution is 6.01. The molecule has 2 bridgehead atoms. The average molecular weight is 297 g/mol. The molecule has 1 atom stereocenters. The normalized spacial score (nSPS) is 24.1. The Morgan fingerprint density at radius 1 is 1.45 bits per heavy atom. The molecule has 3 rings (SSSR count). The Bertz CT molecular complexity index is 605. The van der Waals surface area contributed by atoms with Crippen LogP contribution in [0.5, 0.6) is 0 Å². The van der Waals surface area contributed by atoms with Crippen LogP contribution in [0.2, 0.25) is 0 Å². The highest BCUT2D eigenvalue weighted by Crippen LogP contribution is 2.24. The highest BCUT2D eigenvalue weighted by Gasteiger charge is 2.27. The molecule has 0 N–H and O–H groups in total. The van der Waals surface area contributed by atoms with Gasteiger partial charge in [-0.05, 0) is 32.3 Å². The maximum atomic E-state index is 9.10. The summed E-state index contributed by atoms with van der Waals surface area (Å²) in [5.74, 6) is 1.14. The fraction of sp³-hybridized carbons (Fsp3) is 0.588. The first-order chi connectivity index (χ1) is 10.7. The van der Waals surface area contributed by atoms with Gasteiger partial charge in [-0.15, -0.1) is 0 Å². The summed E-state index contributed by atoms with van der Waals surface area (Å²) in [6.45, 7) is 6.73. The highest BCUT2D eigenvalue weighted by atomic mass is 15.5. The van der Waals surface area contributed by atoms with E-state index in [2.05, 4.69) is 37.1 Å². The van der Waals surface area contributed by atoms with E-state index in [1.165, 1.54) is 6.42 Å². The predicted molar refractivity (Wildman–Crippen MR) is 88.2 cm³/mol. The molecule has 3 aliphatic heterocycles. The van der Waals surface area contributed by atoms with Crippen LogP contribution < -0.4 is 0 Å². The summed E-state index contributed by atoms with van der Waals surface area (Å²) >= 11 is 0. The first kappa shape index (κ1) is 14.8. The summed E-state index contributed by atoms with van der Waals surface area (Å²) in [4.78, 5) is 7.13. The quantitative estimate of drug-likeness (QED) is 0.805. The number of nitriles is 1. The summed E-state index contributed by atoms with van der Waals surface area (Å²) in [6, 6.07) is 2.38. The van der Waals surface area contributed by atoms with E-state index in [-0.39, 0.29) is 5.92 Å². The Hall–Kier alpha value is -2.09. The van der Waals surface area contributed by atoms with Crippen LogP contribution >= 0.6 is 0 Å². The second-order valence-electron chi connectivity index (χ2n) is 6.24. The van der Waals surface area contributed by atoms with Crippen molar-refractivity contribution in [1.29, 1.82) is 5.26 Å². The van der Waals surface area contributed by atoms with Crippen molar-refractivity contribution in [3.05, 3.63) is 23.5 Å². The maximum Gasteiger partial charge on any atom is 0.133 e. The lowest BCUT2D eigenvalue weighted by Crippen LogP contribution is -2.29. The van der Waals surface area contributed by atoms with Gasteiger partial charge in [0.05, 0.1) is 29.9 Å². The Balaban J connectivity index is 1.83. The van der Waals surface area contributed by atoms with Crippen LogP contribution in [-0.4, -0.2) is 41.1 Å². The number of aliphatic imine (C=N–C) groups is 1. The lowest BCUT2D eigenvalue weighted by Gasteiger charge is -2.20. The molecule has 0 aromatic heterocycles. The molecule has 5 nitrogen and oxygen atoms in total. The van der Waals surface area contributed by atoms with Crippen molar-refractivity contribution in [3.8, 4) is 6.07 Å². The van der Waals surface area contributed by atoms with Crippen LogP contribution in [0.4, 0.5) is 0 Å². The lowest BCUT2D eigenvalue weighted by molar-refractivity contribution is 0.425. The number of hydrazone groups is 1. The maximum absolute atomic E-state index is 9.10. The van der Waals surface area contributed by atoms with Gasteiger partial charge in [0.25, 0.3) is 0 Å². The predicted octanol–water partition coefficient (Wildman–Crippen LogP) is 2.89. The Labute approximate surface area is 132 Å². The van der Waals surface area contributed by atoms with Crippen molar-refractivity contribution < 1.29 is 0 Å². The zero-order chi connectivity index (χ0) is 15.5. The topological polar surface area (TPSA) is 55.0 Å². The van der Waals surface area contributed by atoms with E-state index >= 15 is 0 Å². The third-order valence-corrected chi connectivity index (χ3v) is 4.32. The van der Waals surface area contributed by atoms with Gasteiger partial charge < -0.3 is 4.90 Å².